The Kier molecular flexibility index (Phi) is 6.02. The average Bonchev–Trinajstić information content (AvgIpc) is 2.81. The first-order valence-electron chi connectivity index (χ1n) is 10.3. The van der Waals surface area contributed by atoms with E-state index in [-0.39, 0.29) is 17.8 Å². The number of anilines is 2. The number of nitrogens with zero attached hydrogens (tertiary/aromatic N) is 3. The molecule has 2 heterocycles. The number of piperidine rings is 1. The van der Waals surface area contributed by atoms with Gasteiger partial charge in [0, 0.05) is 25.0 Å². The maximum Gasteiger partial charge on any atom is 0.257 e. The second-order valence-electron chi connectivity index (χ2n) is 7.67. The molecule has 4 rings (SSSR count). The number of pyridine rings is 1. The van der Waals surface area contributed by atoms with Crippen molar-refractivity contribution >= 4 is 17.4 Å². The summed E-state index contributed by atoms with van der Waals surface area (Å²) in [5.41, 5.74) is 3.87. The third-order valence-electron chi connectivity index (χ3n) is 5.68. The van der Waals surface area contributed by atoms with Crippen molar-refractivity contribution in [1.82, 2.24) is 4.98 Å². The minimum Gasteiger partial charge on any atom is -0.356 e. The standard InChI is InChI=1S/C24H23FN4O2/c1-16-21(17-5-8-19(25)9-6-17)3-2-4-22(16)27-24(30)18-7-10-23(26-15-18)29-13-11-20(28-31)12-14-29/h2-10,15,20H,11-14H2,1H3,(H,27,30). The third-order valence-corrected chi connectivity index (χ3v) is 5.68. The number of amides is 1. The number of hydrogen-bond acceptors (Lipinski definition) is 5. The van der Waals surface area contributed by atoms with E-state index in [4.69, 9.17) is 0 Å². The summed E-state index contributed by atoms with van der Waals surface area (Å²) in [7, 11) is 0. The Morgan fingerprint density at radius 2 is 1.84 bits per heavy atom. The molecule has 0 bridgehead atoms. The molecule has 0 radical (unpaired) electrons. The highest BCUT2D eigenvalue weighted by Crippen LogP contribution is 2.29. The van der Waals surface area contributed by atoms with Crippen molar-refractivity contribution in [2.24, 2.45) is 5.18 Å². The predicted molar refractivity (Wildman–Crippen MR) is 120 cm³/mol. The number of nitroso groups, excluding NO2 is 1. The summed E-state index contributed by atoms with van der Waals surface area (Å²) in [6, 6.07) is 15.4. The quantitative estimate of drug-likeness (QED) is 0.579. The average molecular weight is 418 g/mol. The lowest BCUT2D eigenvalue weighted by Crippen LogP contribution is -2.35. The molecule has 0 spiro atoms. The van der Waals surface area contributed by atoms with Gasteiger partial charge >= 0.3 is 0 Å². The molecule has 6 nitrogen and oxygen atoms in total. The maximum absolute atomic E-state index is 13.2. The zero-order valence-electron chi connectivity index (χ0n) is 17.2. The van der Waals surface area contributed by atoms with Gasteiger partial charge in [-0.15, -0.1) is 0 Å². The normalized spacial score (nSPS) is 14.3. The van der Waals surface area contributed by atoms with Crippen LogP contribution in [0.3, 0.4) is 0 Å². The van der Waals surface area contributed by atoms with E-state index in [9.17, 15) is 14.1 Å². The van der Waals surface area contributed by atoms with Crippen LogP contribution in [0.15, 0.2) is 66.0 Å². The highest BCUT2D eigenvalue weighted by Gasteiger charge is 2.20. The van der Waals surface area contributed by atoms with Crippen molar-refractivity contribution in [3.63, 3.8) is 0 Å². The van der Waals surface area contributed by atoms with Crippen LogP contribution in [0.4, 0.5) is 15.9 Å². The molecule has 1 aliphatic heterocycles. The number of halogens is 1. The van der Waals surface area contributed by atoms with E-state index < -0.39 is 0 Å². The summed E-state index contributed by atoms with van der Waals surface area (Å²) in [5.74, 6) is 0.254. The number of carbonyl (C=O) groups excluding carboxylic acids is 1. The molecule has 1 saturated heterocycles. The lowest BCUT2D eigenvalue weighted by Gasteiger charge is -2.29. The van der Waals surface area contributed by atoms with Crippen LogP contribution in [0.1, 0.15) is 28.8 Å². The number of nitrogens with one attached hydrogen (secondary N) is 1. The Balaban J connectivity index is 1.47. The SMILES string of the molecule is Cc1c(NC(=O)c2ccc(N3CCC(N=O)CC3)nc2)cccc1-c1ccc(F)cc1. The molecule has 3 aromatic rings. The van der Waals surface area contributed by atoms with Gasteiger partial charge in [0.2, 0.25) is 0 Å². The van der Waals surface area contributed by atoms with Gasteiger partial charge in [-0.3, -0.25) is 4.79 Å². The van der Waals surface area contributed by atoms with Crippen LogP contribution in [0.2, 0.25) is 0 Å². The first-order chi connectivity index (χ1) is 15.0. The highest BCUT2D eigenvalue weighted by molar-refractivity contribution is 6.05. The lowest BCUT2D eigenvalue weighted by molar-refractivity contribution is 0.102. The van der Waals surface area contributed by atoms with E-state index in [0.29, 0.717) is 11.3 Å². The minimum absolute atomic E-state index is 0.116. The van der Waals surface area contributed by atoms with Crippen molar-refractivity contribution in [3.05, 3.63) is 82.6 Å². The first kappa shape index (κ1) is 20.7. The Labute approximate surface area is 180 Å². The molecule has 0 saturated carbocycles. The van der Waals surface area contributed by atoms with E-state index in [1.807, 2.05) is 31.2 Å². The molecule has 0 aliphatic carbocycles. The molecule has 158 valence electrons. The Bertz CT molecular complexity index is 1080. The van der Waals surface area contributed by atoms with Crippen LogP contribution < -0.4 is 10.2 Å². The fourth-order valence-electron chi connectivity index (χ4n) is 3.82. The summed E-state index contributed by atoms with van der Waals surface area (Å²) >= 11 is 0. The zero-order chi connectivity index (χ0) is 21.8. The summed E-state index contributed by atoms with van der Waals surface area (Å²) in [5, 5.41) is 6.07. The lowest BCUT2D eigenvalue weighted by atomic mass is 9.99. The van der Waals surface area contributed by atoms with Gasteiger partial charge in [0.1, 0.15) is 11.6 Å². The van der Waals surface area contributed by atoms with E-state index in [0.717, 1.165) is 48.4 Å². The molecular formula is C24H23FN4O2. The summed E-state index contributed by atoms with van der Waals surface area (Å²) in [4.78, 5) is 30.0. The fraction of sp³-hybridized carbons (Fsp3) is 0.250. The van der Waals surface area contributed by atoms with Crippen LogP contribution in [-0.2, 0) is 0 Å². The van der Waals surface area contributed by atoms with E-state index in [2.05, 4.69) is 20.4 Å². The predicted octanol–water partition coefficient (Wildman–Crippen LogP) is 5.18. The van der Waals surface area contributed by atoms with Crippen LogP contribution >= 0.6 is 0 Å². The number of carbonyl (C=O) groups is 1. The van der Waals surface area contributed by atoms with E-state index >= 15 is 0 Å². The highest BCUT2D eigenvalue weighted by atomic mass is 19.1. The molecule has 7 heteroatoms. The molecule has 31 heavy (non-hydrogen) atoms. The number of hydrogen-bond donors (Lipinski definition) is 1. The second-order valence-corrected chi connectivity index (χ2v) is 7.67. The van der Waals surface area contributed by atoms with Crippen LogP contribution in [0.25, 0.3) is 11.1 Å². The smallest absolute Gasteiger partial charge is 0.257 e. The van der Waals surface area contributed by atoms with Crippen LogP contribution in [0, 0.1) is 17.6 Å². The number of benzene rings is 2. The van der Waals surface area contributed by atoms with Crippen LogP contribution in [0.5, 0.6) is 0 Å². The summed E-state index contributed by atoms with van der Waals surface area (Å²) in [6.45, 7) is 3.38. The first-order valence-corrected chi connectivity index (χ1v) is 10.3. The van der Waals surface area contributed by atoms with E-state index in [1.165, 1.54) is 12.1 Å². The van der Waals surface area contributed by atoms with Crippen molar-refractivity contribution in [2.45, 2.75) is 25.8 Å². The summed E-state index contributed by atoms with van der Waals surface area (Å²) < 4.78 is 13.2. The topological polar surface area (TPSA) is 74.7 Å². The zero-order valence-corrected chi connectivity index (χ0v) is 17.2. The van der Waals surface area contributed by atoms with Gasteiger partial charge in [0.05, 0.1) is 11.6 Å². The molecule has 0 atom stereocenters. The van der Waals surface area contributed by atoms with Crippen molar-refractivity contribution in [2.75, 3.05) is 23.3 Å². The Morgan fingerprint density at radius 1 is 1.10 bits per heavy atom. The molecule has 1 N–H and O–H groups in total. The van der Waals surface area contributed by atoms with Gasteiger partial charge in [-0.2, -0.15) is 4.91 Å². The summed E-state index contributed by atoms with van der Waals surface area (Å²) in [6.07, 6.45) is 3.00. The Morgan fingerprint density at radius 3 is 2.48 bits per heavy atom. The van der Waals surface area contributed by atoms with Gasteiger partial charge < -0.3 is 10.2 Å². The van der Waals surface area contributed by atoms with Gasteiger partial charge in [0.25, 0.3) is 5.91 Å². The van der Waals surface area contributed by atoms with Crippen molar-refractivity contribution in [1.29, 1.82) is 0 Å². The monoisotopic (exact) mass is 418 g/mol. The Hall–Kier alpha value is -3.61. The molecular weight excluding hydrogens is 395 g/mol. The third kappa shape index (κ3) is 4.60. The fourth-order valence-corrected chi connectivity index (χ4v) is 3.82. The minimum atomic E-state index is -0.286. The van der Waals surface area contributed by atoms with Crippen LogP contribution in [-0.4, -0.2) is 30.0 Å². The van der Waals surface area contributed by atoms with Gasteiger partial charge in [-0.1, -0.05) is 29.4 Å². The molecule has 1 amide bonds. The molecule has 1 aliphatic rings. The van der Waals surface area contributed by atoms with Gasteiger partial charge in [-0.25, -0.2) is 9.37 Å². The van der Waals surface area contributed by atoms with Crippen molar-refractivity contribution in [3.8, 4) is 11.1 Å². The number of aromatic nitrogens is 1. The molecule has 0 unspecified atom stereocenters. The second kappa shape index (κ2) is 9.04. The maximum atomic E-state index is 13.2. The van der Waals surface area contributed by atoms with Gasteiger partial charge in [0.15, 0.2) is 0 Å². The van der Waals surface area contributed by atoms with E-state index in [1.54, 1.807) is 24.4 Å². The van der Waals surface area contributed by atoms with Gasteiger partial charge in [-0.05, 0) is 66.8 Å². The number of rotatable bonds is 5. The molecule has 2 aromatic carbocycles. The van der Waals surface area contributed by atoms with Crippen molar-refractivity contribution < 1.29 is 9.18 Å². The molecule has 1 aromatic heterocycles. The molecule has 1 fully saturated rings. The largest absolute Gasteiger partial charge is 0.356 e.